The fourth-order valence-corrected chi connectivity index (χ4v) is 2.72. The van der Waals surface area contributed by atoms with E-state index in [0.717, 1.165) is 6.33 Å². The highest BCUT2D eigenvalue weighted by atomic mass is 35.5. The van der Waals surface area contributed by atoms with Crippen LogP contribution in [0.4, 0.5) is 22.4 Å². The number of nitrogens with one attached hydrogen (secondary N) is 1. The number of hydrogen-bond donors (Lipinski definition) is 1. The summed E-state index contributed by atoms with van der Waals surface area (Å²) in [4.78, 5) is 15.4. The second-order valence-electron chi connectivity index (χ2n) is 6.09. The predicted molar refractivity (Wildman–Crippen MR) is 87.9 cm³/mol. The zero-order valence-corrected chi connectivity index (χ0v) is 14.6. The first kappa shape index (κ1) is 19.4. The molecule has 27 heavy (non-hydrogen) atoms. The Morgan fingerprint density at radius 2 is 2.07 bits per heavy atom. The SMILES string of the molecule is O=C(NC1(C(F)F)CC1)OCCc1ccc(Cl)c(-c2ncnn2C(F)F)c1. The van der Waals surface area contributed by atoms with Gasteiger partial charge in [-0.3, -0.25) is 0 Å². The van der Waals surface area contributed by atoms with Gasteiger partial charge in [-0.2, -0.15) is 18.6 Å². The van der Waals surface area contributed by atoms with Crippen LogP contribution in [-0.2, 0) is 11.2 Å². The Hall–Kier alpha value is -2.36. The molecule has 1 aromatic heterocycles. The number of ether oxygens (including phenoxy) is 1. The molecule has 0 bridgehead atoms. The van der Waals surface area contributed by atoms with Crippen LogP contribution in [0.3, 0.4) is 0 Å². The van der Waals surface area contributed by atoms with Crippen LogP contribution >= 0.6 is 11.6 Å². The van der Waals surface area contributed by atoms with Crippen molar-refractivity contribution in [1.29, 1.82) is 0 Å². The lowest BCUT2D eigenvalue weighted by Gasteiger charge is -2.16. The third-order valence-electron chi connectivity index (χ3n) is 4.21. The molecule has 0 spiro atoms. The molecule has 3 rings (SSSR count). The van der Waals surface area contributed by atoms with Gasteiger partial charge in [0.2, 0.25) is 0 Å². The average molecular weight is 407 g/mol. The normalized spacial score (nSPS) is 15.2. The summed E-state index contributed by atoms with van der Waals surface area (Å²) in [5, 5.41) is 5.85. The van der Waals surface area contributed by atoms with Crippen molar-refractivity contribution in [2.75, 3.05) is 6.61 Å². The molecular weight excluding hydrogens is 392 g/mol. The van der Waals surface area contributed by atoms with Gasteiger partial charge < -0.3 is 10.1 Å². The number of aromatic nitrogens is 3. The van der Waals surface area contributed by atoms with E-state index >= 15 is 0 Å². The fraction of sp³-hybridized carbons (Fsp3) is 0.438. The third kappa shape index (κ3) is 4.32. The van der Waals surface area contributed by atoms with Gasteiger partial charge in [0.15, 0.2) is 5.82 Å². The lowest BCUT2D eigenvalue weighted by molar-refractivity contribution is 0.0582. The summed E-state index contributed by atoms with van der Waals surface area (Å²) in [5.74, 6) is -0.0943. The molecule has 1 heterocycles. The highest BCUT2D eigenvalue weighted by Crippen LogP contribution is 2.41. The Kier molecular flexibility index (Phi) is 5.54. The van der Waals surface area contributed by atoms with E-state index in [1.807, 2.05) is 0 Å². The second-order valence-corrected chi connectivity index (χ2v) is 6.50. The Morgan fingerprint density at radius 3 is 2.70 bits per heavy atom. The number of amides is 1. The van der Waals surface area contributed by atoms with Crippen LogP contribution in [0.1, 0.15) is 25.0 Å². The quantitative estimate of drug-likeness (QED) is 0.704. The number of rotatable bonds is 7. The van der Waals surface area contributed by atoms with Crippen LogP contribution < -0.4 is 5.32 Å². The molecule has 0 saturated heterocycles. The van der Waals surface area contributed by atoms with Crippen LogP contribution in [0.25, 0.3) is 11.4 Å². The van der Waals surface area contributed by atoms with Crippen LogP contribution in [0.5, 0.6) is 0 Å². The van der Waals surface area contributed by atoms with Crippen molar-refractivity contribution in [3.63, 3.8) is 0 Å². The van der Waals surface area contributed by atoms with Crippen molar-refractivity contribution in [2.45, 2.75) is 37.8 Å². The van der Waals surface area contributed by atoms with Crippen molar-refractivity contribution in [2.24, 2.45) is 0 Å². The monoisotopic (exact) mass is 406 g/mol. The molecule has 1 amide bonds. The lowest BCUT2D eigenvalue weighted by atomic mass is 10.1. The van der Waals surface area contributed by atoms with E-state index in [9.17, 15) is 22.4 Å². The molecular formula is C16H15ClF4N4O2. The number of carbonyl (C=O) groups is 1. The largest absolute Gasteiger partial charge is 0.449 e. The number of carbonyl (C=O) groups excluding carboxylic acids is 1. The number of nitrogens with zero attached hydrogens (tertiary/aromatic N) is 3. The van der Waals surface area contributed by atoms with Crippen molar-refractivity contribution < 1.29 is 27.1 Å². The van der Waals surface area contributed by atoms with Gasteiger partial charge in [0.1, 0.15) is 11.9 Å². The number of halogens is 5. The van der Waals surface area contributed by atoms with E-state index in [0.29, 0.717) is 10.2 Å². The first-order valence-electron chi connectivity index (χ1n) is 8.02. The van der Waals surface area contributed by atoms with Gasteiger partial charge >= 0.3 is 12.6 Å². The Morgan fingerprint density at radius 1 is 1.33 bits per heavy atom. The summed E-state index contributed by atoms with van der Waals surface area (Å²) >= 11 is 6.07. The zero-order chi connectivity index (χ0) is 19.6. The van der Waals surface area contributed by atoms with E-state index in [2.05, 4.69) is 15.4 Å². The topological polar surface area (TPSA) is 69.0 Å². The predicted octanol–water partition coefficient (Wildman–Crippen LogP) is 4.06. The minimum atomic E-state index is -2.88. The molecule has 1 aliphatic carbocycles. The summed E-state index contributed by atoms with van der Waals surface area (Å²) in [7, 11) is 0. The number of benzene rings is 1. The zero-order valence-electron chi connectivity index (χ0n) is 13.8. The van der Waals surface area contributed by atoms with Gasteiger partial charge in [-0.25, -0.2) is 18.6 Å². The molecule has 0 radical (unpaired) electrons. The fourth-order valence-electron chi connectivity index (χ4n) is 2.52. The molecule has 6 nitrogen and oxygen atoms in total. The van der Waals surface area contributed by atoms with E-state index in [1.165, 1.54) is 12.1 Å². The van der Waals surface area contributed by atoms with E-state index in [-0.39, 0.29) is 42.3 Å². The molecule has 1 saturated carbocycles. The molecule has 1 aromatic carbocycles. The molecule has 0 aliphatic heterocycles. The highest BCUT2D eigenvalue weighted by Gasteiger charge is 2.52. The maximum absolute atomic E-state index is 13.0. The van der Waals surface area contributed by atoms with Crippen LogP contribution in [0.15, 0.2) is 24.5 Å². The first-order chi connectivity index (χ1) is 12.8. The van der Waals surface area contributed by atoms with Gasteiger partial charge in [0.25, 0.3) is 6.43 Å². The molecule has 2 aromatic rings. The van der Waals surface area contributed by atoms with E-state index in [4.69, 9.17) is 16.3 Å². The van der Waals surface area contributed by atoms with Gasteiger partial charge in [-0.15, -0.1) is 0 Å². The van der Waals surface area contributed by atoms with Gasteiger partial charge in [0, 0.05) is 12.0 Å². The van der Waals surface area contributed by atoms with Crippen LogP contribution in [0, 0.1) is 0 Å². The maximum atomic E-state index is 13.0. The lowest BCUT2D eigenvalue weighted by Crippen LogP contribution is -2.42. The third-order valence-corrected chi connectivity index (χ3v) is 4.54. The molecule has 146 valence electrons. The summed E-state index contributed by atoms with van der Waals surface area (Å²) < 4.78 is 56.9. The molecule has 0 atom stereocenters. The Balaban J connectivity index is 1.61. The van der Waals surface area contributed by atoms with Gasteiger partial charge in [-0.05, 0) is 30.5 Å². The van der Waals surface area contributed by atoms with Crippen molar-refractivity contribution in [3.8, 4) is 11.4 Å². The summed E-state index contributed by atoms with van der Waals surface area (Å²) in [6, 6.07) is 4.68. The minimum absolute atomic E-state index is 0.0756. The minimum Gasteiger partial charge on any atom is -0.449 e. The molecule has 0 unspecified atom stereocenters. The average Bonchev–Trinajstić information content (AvgIpc) is 3.22. The molecule has 1 aliphatic rings. The smallest absolute Gasteiger partial charge is 0.407 e. The van der Waals surface area contributed by atoms with E-state index in [1.54, 1.807) is 6.07 Å². The van der Waals surface area contributed by atoms with Crippen molar-refractivity contribution in [1.82, 2.24) is 20.1 Å². The highest BCUT2D eigenvalue weighted by molar-refractivity contribution is 6.33. The van der Waals surface area contributed by atoms with Crippen molar-refractivity contribution >= 4 is 17.7 Å². The maximum Gasteiger partial charge on any atom is 0.407 e. The Labute approximate surface area is 156 Å². The Bertz CT molecular complexity index is 827. The van der Waals surface area contributed by atoms with Gasteiger partial charge in [0.05, 0.1) is 11.6 Å². The summed E-state index contributed by atoms with van der Waals surface area (Å²) in [6.07, 6.45) is -1.90. The molecule has 1 N–H and O–H groups in total. The van der Waals surface area contributed by atoms with Crippen LogP contribution in [-0.4, -0.2) is 39.4 Å². The van der Waals surface area contributed by atoms with Gasteiger partial charge in [-0.1, -0.05) is 17.7 Å². The number of alkyl carbamates (subject to hydrolysis) is 1. The standard InChI is InChI=1S/C16H15ClF4N4O2/c17-11-2-1-9(7-10(11)12-22-8-23-25(12)14(20)21)3-6-27-15(26)24-16(4-5-16)13(18)19/h1-2,7-8,13-14H,3-6H2,(H,24,26). The van der Waals surface area contributed by atoms with E-state index < -0.39 is 24.6 Å². The summed E-state index contributed by atoms with van der Waals surface area (Å²) in [5.41, 5.74) is -0.573. The number of alkyl halides is 4. The number of hydrogen-bond acceptors (Lipinski definition) is 4. The first-order valence-corrected chi connectivity index (χ1v) is 8.40. The van der Waals surface area contributed by atoms with Crippen LogP contribution in [0.2, 0.25) is 5.02 Å². The summed E-state index contributed by atoms with van der Waals surface area (Å²) in [6.45, 7) is -2.95. The molecule has 11 heteroatoms. The van der Waals surface area contributed by atoms with Crippen molar-refractivity contribution in [3.05, 3.63) is 35.1 Å². The second kappa shape index (κ2) is 7.71. The molecule has 1 fully saturated rings.